The highest BCUT2D eigenvalue weighted by molar-refractivity contribution is 7.92. The zero-order valence-electron chi connectivity index (χ0n) is 16.0. The third-order valence-corrected chi connectivity index (χ3v) is 5.44. The van der Waals surface area contributed by atoms with Gasteiger partial charge in [-0.3, -0.25) is 9.10 Å². The van der Waals surface area contributed by atoms with Crippen molar-refractivity contribution in [3.05, 3.63) is 59.7 Å². The van der Waals surface area contributed by atoms with Crippen LogP contribution >= 0.6 is 0 Å². The van der Waals surface area contributed by atoms with Gasteiger partial charge in [-0.05, 0) is 25.1 Å². The normalized spacial score (nSPS) is 12.4. The number of rotatable bonds is 7. The predicted molar refractivity (Wildman–Crippen MR) is 103 cm³/mol. The largest absolute Gasteiger partial charge is 0.496 e. The molecule has 152 valence electrons. The molecule has 1 unspecified atom stereocenters. The minimum absolute atomic E-state index is 0.132. The Morgan fingerprint density at radius 2 is 1.79 bits per heavy atom. The molecule has 0 fully saturated rings. The van der Waals surface area contributed by atoms with E-state index >= 15 is 0 Å². The monoisotopic (exact) mass is 412 g/mol. The van der Waals surface area contributed by atoms with Crippen molar-refractivity contribution in [2.75, 3.05) is 24.7 Å². The molecule has 0 aliphatic rings. The standard InChI is InChI=1S/C19H22F2N2O4S/c1-13(19(24)22(2)12-14-7-5-6-8-18(14)27-3)23(28(4,25)26)15-9-10-16(20)17(21)11-15/h5-11,13H,12H2,1-4H3. The van der Waals surface area contributed by atoms with Gasteiger partial charge >= 0.3 is 0 Å². The highest BCUT2D eigenvalue weighted by atomic mass is 32.2. The lowest BCUT2D eigenvalue weighted by molar-refractivity contribution is -0.131. The van der Waals surface area contributed by atoms with Gasteiger partial charge in [-0.15, -0.1) is 0 Å². The Bertz CT molecular complexity index is 966. The third-order valence-electron chi connectivity index (χ3n) is 4.20. The zero-order valence-corrected chi connectivity index (χ0v) is 16.8. The first-order chi connectivity index (χ1) is 13.1. The van der Waals surface area contributed by atoms with Crippen LogP contribution in [0.1, 0.15) is 12.5 Å². The molecule has 0 saturated heterocycles. The van der Waals surface area contributed by atoms with Gasteiger partial charge in [-0.1, -0.05) is 18.2 Å². The molecular weight excluding hydrogens is 390 g/mol. The van der Waals surface area contributed by atoms with Gasteiger partial charge < -0.3 is 9.64 Å². The molecule has 6 nitrogen and oxygen atoms in total. The molecule has 0 aliphatic heterocycles. The molecule has 0 spiro atoms. The Morgan fingerprint density at radius 1 is 1.14 bits per heavy atom. The fraction of sp³-hybridized carbons (Fsp3) is 0.316. The number of sulfonamides is 1. The van der Waals surface area contributed by atoms with E-state index < -0.39 is 33.6 Å². The average molecular weight is 412 g/mol. The Morgan fingerprint density at radius 3 is 2.36 bits per heavy atom. The summed E-state index contributed by atoms with van der Waals surface area (Å²) >= 11 is 0. The van der Waals surface area contributed by atoms with Crippen molar-refractivity contribution in [3.63, 3.8) is 0 Å². The van der Waals surface area contributed by atoms with Crippen LogP contribution in [0.15, 0.2) is 42.5 Å². The van der Waals surface area contributed by atoms with Gasteiger partial charge in [-0.25, -0.2) is 17.2 Å². The lowest BCUT2D eigenvalue weighted by Crippen LogP contribution is -2.48. The molecule has 0 aliphatic carbocycles. The van der Waals surface area contributed by atoms with Crippen molar-refractivity contribution in [2.24, 2.45) is 0 Å². The van der Waals surface area contributed by atoms with Crippen LogP contribution in [0.3, 0.4) is 0 Å². The molecule has 2 rings (SSSR count). The zero-order chi connectivity index (χ0) is 21.1. The molecule has 9 heteroatoms. The summed E-state index contributed by atoms with van der Waals surface area (Å²) in [5.74, 6) is -2.23. The van der Waals surface area contributed by atoms with Gasteiger partial charge in [0.15, 0.2) is 11.6 Å². The number of para-hydroxylation sites is 1. The number of carbonyl (C=O) groups excluding carboxylic acids is 1. The molecule has 28 heavy (non-hydrogen) atoms. The summed E-state index contributed by atoms with van der Waals surface area (Å²) in [6.45, 7) is 1.58. The second kappa shape index (κ2) is 8.55. The summed E-state index contributed by atoms with van der Waals surface area (Å²) in [5.41, 5.74) is 0.611. The number of ether oxygens (including phenoxy) is 1. The van der Waals surface area contributed by atoms with Crippen molar-refractivity contribution in [3.8, 4) is 5.75 Å². The van der Waals surface area contributed by atoms with Crippen molar-refractivity contribution in [1.29, 1.82) is 0 Å². The number of halogens is 2. The summed E-state index contributed by atoms with van der Waals surface area (Å²) in [4.78, 5) is 14.2. The molecule has 0 saturated carbocycles. The number of nitrogens with zero attached hydrogens (tertiary/aromatic N) is 2. The number of methoxy groups -OCH3 is 1. The average Bonchev–Trinajstić information content (AvgIpc) is 2.63. The summed E-state index contributed by atoms with van der Waals surface area (Å²) in [6.07, 6.45) is 0.901. The molecule has 1 amide bonds. The Kier molecular flexibility index (Phi) is 6.60. The summed E-state index contributed by atoms with van der Waals surface area (Å²) in [7, 11) is -0.903. The van der Waals surface area contributed by atoms with Crippen LogP contribution < -0.4 is 9.04 Å². The first kappa shape index (κ1) is 21.6. The lowest BCUT2D eigenvalue weighted by Gasteiger charge is -2.31. The number of likely N-dealkylation sites (N-methyl/N-ethyl adjacent to an activating group) is 1. The van der Waals surface area contributed by atoms with Crippen LogP contribution in [0.4, 0.5) is 14.5 Å². The van der Waals surface area contributed by atoms with Crippen molar-refractivity contribution in [2.45, 2.75) is 19.5 Å². The topological polar surface area (TPSA) is 66.9 Å². The fourth-order valence-electron chi connectivity index (χ4n) is 2.91. The second-order valence-corrected chi connectivity index (χ2v) is 8.20. The number of anilines is 1. The van der Waals surface area contributed by atoms with Crippen LogP contribution in [0.5, 0.6) is 5.75 Å². The van der Waals surface area contributed by atoms with Crippen LogP contribution in [0.2, 0.25) is 0 Å². The number of hydrogen-bond donors (Lipinski definition) is 0. The molecule has 0 aromatic heterocycles. The highest BCUT2D eigenvalue weighted by Crippen LogP contribution is 2.25. The van der Waals surface area contributed by atoms with E-state index in [1.807, 2.05) is 0 Å². The van der Waals surface area contributed by atoms with Crippen molar-refractivity contribution < 1.29 is 26.7 Å². The number of amides is 1. The van der Waals surface area contributed by atoms with E-state index in [1.54, 1.807) is 24.3 Å². The lowest BCUT2D eigenvalue weighted by atomic mass is 10.1. The first-order valence-corrected chi connectivity index (χ1v) is 10.2. The van der Waals surface area contributed by atoms with E-state index in [0.717, 1.165) is 34.3 Å². The second-order valence-electron chi connectivity index (χ2n) is 6.34. The summed E-state index contributed by atoms with van der Waals surface area (Å²) < 4.78 is 57.4. The summed E-state index contributed by atoms with van der Waals surface area (Å²) in [5, 5.41) is 0. The van der Waals surface area contributed by atoms with Gasteiger partial charge in [0, 0.05) is 25.2 Å². The minimum atomic E-state index is -3.94. The molecule has 0 N–H and O–H groups in total. The van der Waals surface area contributed by atoms with Gasteiger partial charge in [0.2, 0.25) is 15.9 Å². The van der Waals surface area contributed by atoms with Crippen molar-refractivity contribution >= 4 is 21.6 Å². The third kappa shape index (κ3) is 4.78. The van der Waals surface area contributed by atoms with Gasteiger partial charge in [0.25, 0.3) is 0 Å². The molecular formula is C19H22F2N2O4S. The van der Waals surface area contributed by atoms with Crippen LogP contribution in [-0.2, 0) is 21.4 Å². The molecule has 1 atom stereocenters. The van der Waals surface area contributed by atoms with E-state index in [2.05, 4.69) is 0 Å². The quantitative estimate of drug-likeness (QED) is 0.702. The van der Waals surface area contributed by atoms with Crippen LogP contribution in [0.25, 0.3) is 0 Å². The SMILES string of the molecule is COc1ccccc1CN(C)C(=O)C(C)N(c1ccc(F)c(F)c1)S(C)(=O)=O. The van der Waals surface area contributed by atoms with E-state index in [4.69, 9.17) is 4.74 Å². The maximum atomic E-state index is 13.6. The maximum absolute atomic E-state index is 13.6. The molecule has 2 aromatic carbocycles. The smallest absolute Gasteiger partial charge is 0.246 e. The number of hydrogen-bond acceptors (Lipinski definition) is 4. The molecule has 0 radical (unpaired) electrons. The van der Waals surface area contributed by atoms with Gasteiger partial charge in [-0.2, -0.15) is 0 Å². The fourth-order valence-corrected chi connectivity index (χ4v) is 4.07. The molecule has 0 heterocycles. The van der Waals surface area contributed by atoms with E-state index in [-0.39, 0.29) is 12.2 Å². The number of benzene rings is 2. The highest BCUT2D eigenvalue weighted by Gasteiger charge is 2.31. The first-order valence-electron chi connectivity index (χ1n) is 8.37. The Hall–Kier alpha value is -2.68. The molecule has 0 bridgehead atoms. The van der Waals surface area contributed by atoms with E-state index in [0.29, 0.717) is 5.75 Å². The maximum Gasteiger partial charge on any atom is 0.246 e. The number of carbonyl (C=O) groups is 1. The van der Waals surface area contributed by atoms with E-state index in [9.17, 15) is 22.0 Å². The Balaban J connectivity index is 2.31. The van der Waals surface area contributed by atoms with Crippen LogP contribution in [0, 0.1) is 11.6 Å². The van der Waals surface area contributed by atoms with Gasteiger partial charge in [0.1, 0.15) is 11.8 Å². The van der Waals surface area contributed by atoms with Crippen molar-refractivity contribution in [1.82, 2.24) is 4.90 Å². The van der Waals surface area contributed by atoms with E-state index in [1.165, 1.54) is 26.0 Å². The minimum Gasteiger partial charge on any atom is -0.496 e. The Labute approximate surface area is 163 Å². The summed E-state index contributed by atoms with van der Waals surface area (Å²) in [6, 6.07) is 8.64. The van der Waals surface area contributed by atoms with Crippen LogP contribution in [-0.4, -0.2) is 45.7 Å². The predicted octanol–water partition coefficient (Wildman–Crippen LogP) is 2.79. The van der Waals surface area contributed by atoms with Gasteiger partial charge in [0.05, 0.1) is 19.1 Å². The molecule has 2 aromatic rings.